The molecule has 0 spiro atoms. The molecule has 2 amide bonds. The van der Waals surface area contributed by atoms with E-state index in [4.69, 9.17) is 21.1 Å². The fourth-order valence-corrected chi connectivity index (χ4v) is 6.24. The van der Waals surface area contributed by atoms with Crippen molar-refractivity contribution in [3.05, 3.63) is 42.0 Å². The Morgan fingerprint density at radius 2 is 1.80 bits per heavy atom. The molecule has 1 aliphatic rings. The highest BCUT2D eigenvalue weighted by Gasteiger charge is 2.31. The van der Waals surface area contributed by atoms with Gasteiger partial charge < -0.3 is 25.2 Å². The molecule has 0 aliphatic carbocycles. The van der Waals surface area contributed by atoms with Crippen LogP contribution >= 0.6 is 11.6 Å². The lowest BCUT2D eigenvalue weighted by atomic mass is 9.97. The fraction of sp³-hybridized carbons (Fsp3) is 0.517. The summed E-state index contributed by atoms with van der Waals surface area (Å²) in [6, 6.07) is 8.76. The molecule has 12 heteroatoms. The Bertz CT molecular complexity index is 1340. The van der Waals surface area contributed by atoms with E-state index in [1.165, 1.54) is 16.4 Å². The molecule has 0 fully saturated rings. The van der Waals surface area contributed by atoms with Crippen LogP contribution in [0.2, 0.25) is 0 Å². The number of fused-ring (bicyclic) bond motifs is 1. The van der Waals surface area contributed by atoms with Crippen molar-refractivity contribution in [3.63, 3.8) is 0 Å². The number of alkyl halides is 1. The smallest absolute Gasteiger partial charge is 0.264 e. The first-order chi connectivity index (χ1) is 19.4. The third kappa shape index (κ3) is 7.97. The predicted molar refractivity (Wildman–Crippen MR) is 158 cm³/mol. The number of amides is 2. The molecule has 41 heavy (non-hydrogen) atoms. The van der Waals surface area contributed by atoms with Crippen LogP contribution in [0, 0.1) is 17.8 Å². The van der Waals surface area contributed by atoms with E-state index in [1.54, 1.807) is 24.3 Å². The zero-order chi connectivity index (χ0) is 30.3. The van der Waals surface area contributed by atoms with Gasteiger partial charge in [-0.3, -0.25) is 13.9 Å². The number of ether oxygens (including phenoxy) is 2. The molecular weight excluding hydrogens is 570 g/mol. The SMILES string of the molecule is CC[C@H](C)[C@@H](NC(=O)CCl)C(=O)NCC(C)Cc1cccc(N(CC(C)C)S(=O)(=O)c2ccc3c(c2)OCO3)c1O. The van der Waals surface area contributed by atoms with Crippen molar-refractivity contribution >= 4 is 39.1 Å². The maximum Gasteiger partial charge on any atom is 0.264 e. The second kappa shape index (κ2) is 14.1. The van der Waals surface area contributed by atoms with Crippen LogP contribution in [0.15, 0.2) is 41.3 Å². The van der Waals surface area contributed by atoms with Crippen LogP contribution in [0.3, 0.4) is 0 Å². The molecule has 1 heterocycles. The Morgan fingerprint density at radius 1 is 1.10 bits per heavy atom. The van der Waals surface area contributed by atoms with Gasteiger partial charge in [-0.15, -0.1) is 11.6 Å². The molecule has 0 aromatic heterocycles. The highest BCUT2D eigenvalue weighted by Crippen LogP contribution is 2.39. The van der Waals surface area contributed by atoms with Crippen molar-refractivity contribution in [1.29, 1.82) is 0 Å². The number of hydrogen-bond acceptors (Lipinski definition) is 7. The molecular formula is C29H40ClN3O7S. The lowest BCUT2D eigenvalue weighted by Crippen LogP contribution is -2.51. The largest absolute Gasteiger partial charge is 0.505 e. The van der Waals surface area contributed by atoms with Gasteiger partial charge in [0.15, 0.2) is 11.5 Å². The van der Waals surface area contributed by atoms with Crippen molar-refractivity contribution < 1.29 is 32.6 Å². The van der Waals surface area contributed by atoms with Crippen molar-refractivity contribution in [2.75, 3.05) is 30.1 Å². The number of carbonyl (C=O) groups excluding carboxylic acids is 2. The van der Waals surface area contributed by atoms with Gasteiger partial charge in [0.1, 0.15) is 17.7 Å². The van der Waals surface area contributed by atoms with Crippen molar-refractivity contribution in [2.45, 2.75) is 58.4 Å². The number of carbonyl (C=O) groups is 2. The minimum atomic E-state index is -4.06. The molecule has 0 bridgehead atoms. The summed E-state index contributed by atoms with van der Waals surface area (Å²) in [4.78, 5) is 24.7. The quantitative estimate of drug-likeness (QED) is 0.275. The van der Waals surface area contributed by atoms with E-state index in [0.29, 0.717) is 29.9 Å². The van der Waals surface area contributed by atoms with Gasteiger partial charge in [-0.1, -0.05) is 53.2 Å². The van der Waals surface area contributed by atoms with Crippen molar-refractivity contribution in [3.8, 4) is 17.2 Å². The summed E-state index contributed by atoms with van der Waals surface area (Å²) >= 11 is 5.61. The van der Waals surface area contributed by atoms with Gasteiger partial charge >= 0.3 is 0 Å². The van der Waals surface area contributed by atoms with Gasteiger partial charge in [0, 0.05) is 19.2 Å². The number of phenols is 1. The number of nitrogens with one attached hydrogen (secondary N) is 2. The summed E-state index contributed by atoms with van der Waals surface area (Å²) in [6.07, 6.45) is 1.07. The summed E-state index contributed by atoms with van der Waals surface area (Å²) in [5.41, 5.74) is 0.721. The number of para-hydroxylation sites is 1. The molecule has 226 valence electrons. The maximum atomic E-state index is 13.8. The van der Waals surface area contributed by atoms with Crippen LogP contribution < -0.4 is 24.4 Å². The zero-order valence-corrected chi connectivity index (χ0v) is 25.7. The van der Waals surface area contributed by atoms with E-state index in [9.17, 15) is 23.1 Å². The molecule has 10 nitrogen and oxygen atoms in total. The molecule has 0 saturated carbocycles. The van der Waals surface area contributed by atoms with Crippen molar-refractivity contribution in [2.24, 2.45) is 17.8 Å². The Labute approximate surface area is 247 Å². The Balaban J connectivity index is 1.79. The highest BCUT2D eigenvalue weighted by atomic mass is 35.5. The number of anilines is 1. The molecule has 2 aromatic carbocycles. The summed E-state index contributed by atoms with van der Waals surface area (Å²) in [5, 5.41) is 16.9. The van der Waals surface area contributed by atoms with E-state index in [1.807, 2.05) is 34.6 Å². The number of phenolic OH excluding ortho intramolecular Hbond substituents is 1. The van der Waals surface area contributed by atoms with E-state index < -0.39 is 22.0 Å². The van der Waals surface area contributed by atoms with Crippen molar-refractivity contribution in [1.82, 2.24) is 10.6 Å². The second-order valence-electron chi connectivity index (χ2n) is 10.8. The first kappa shape index (κ1) is 32.3. The molecule has 3 rings (SSSR count). The zero-order valence-electron chi connectivity index (χ0n) is 24.1. The summed E-state index contributed by atoms with van der Waals surface area (Å²) in [5.74, 6) is -0.489. The number of sulfonamides is 1. The average Bonchev–Trinajstić information content (AvgIpc) is 3.42. The van der Waals surface area contributed by atoms with Crippen LogP contribution in [-0.4, -0.2) is 57.1 Å². The molecule has 0 saturated heterocycles. The first-order valence-electron chi connectivity index (χ1n) is 13.7. The van der Waals surface area contributed by atoms with Gasteiger partial charge in [-0.2, -0.15) is 0 Å². The lowest BCUT2D eigenvalue weighted by molar-refractivity contribution is -0.129. The minimum absolute atomic E-state index is 0.0242. The lowest BCUT2D eigenvalue weighted by Gasteiger charge is -2.28. The maximum absolute atomic E-state index is 13.8. The number of halogens is 1. The fourth-order valence-electron chi connectivity index (χ4n) is 4.51. The monoisotopic (exact) mass is 609 g/mol. The first-order valence-corrected chi connectivity index (χ1v) is 15.7. The van der Waals surface area contributed by atoms with Gasteiger partial charge in [0.05, 0.1) is 10.6 Å². The molecule has 1 aliphatic heterocycles. The highest BCUT2D eigenvalue weighted by molar-refractivity contribution is 7.92. The standard InChI is InChI=1S/C29H40ClN3O7S/c1-6-20(5)27(32-26(34)14-30)29(36)31-15-19(4)12-21-8-7-9-23(28(21)35)33(16-18(2)3)41(37,38)22-10-11-24-25(13-22)40-17-39-24/h7-11,13,18-20,27,35H,6,12,14-17H2,1-5H3,(H,31,36)(H,32,34)/t19?,20-,27+/m0/s1. The van der Waals surface area contributed by atoms with Gasteiger partial charge in [0.25, 0.3) is 10.0 Å². The second-order valence-corrected chi connectivity index (χ2v) is 13.0. The molecule has 2 aromatic rings. The summed E-state index contributed by atoms with van der Waals surface area (Å²) in [7, 11) is -4.06. The van der Waals surface area contributed by atoms with Crippen LogP contribution in [0.4, 0.5) is 5.69 Å². The number of hydrogen-bond donors (Lipinski definition) is 3. The third-order valence-electron chi connectivity index (χ3n) is 6.96. The number of benzene rings is 2. The minimum Gasteiger partial charge on any atom is -0.505 e. The normalized spacial score (nSPS) is 14.8. The van der Waals surface area contributed by atoms with Crippen LogP contribution in [0.1, 0.15) is 46.6 Å². The number of nitrogens with zero attached hydrogens (tertiary/aromatic N) is 1. The van der Waals surface area contributed by atoms with Crippen LogP contribution in [0.25, 0.3) is 0 Å². The molecule has 0 radical (unpaired) electrons. The van der Waals surface area contributed by atoms with E-state index in [2.05, 4.69) is 10.6 Å². The molecule has 3 atom stereocenters. The average molecular weight is 610 g/mol. The number of rotatable bonds is 14. The van der Waals surface area contributed by atoms with Gasteiger partial charge in [0.2, 0.25) is 18.6 Å². The van der Waals surface area contributed by atoms with Gasteiger partial charge in [-0.25, -0.2) is 8.42 Å². The van der Waals surface area contributed by atoms with E-state index in [0.717, 1.165) is 0 Å². The summed E-state index contributed by atoms with van der Waals surface area (Å²) < 4.78 is 39.5. The Kier molecular flexibility index (Phi) is 11.1. The Hall–Kier alpha value is -3.18. The third-order valence-corrected chi connectivity index (χ3v) is 8.97. The number of aromatic hydroxyl groups is 1. The Morgan fingerprint density at radius 3 is 2.46 bits per heavy atom. The van der Waals surface area contributed by atoms with Crippen LogP contribution in [0.5, 0.6) is 17.2 Å². The van der Waals surface area contributed by atoms with E-state index in [-0.39, 0.29) is 65.8 Å². The van der Waals surface area contributed by atoms with Gasteiger partial charge in [-0.05, 0) is 47.9 Å². The predicted octanol–water partition coefficient (Wildman–Crippen LogP) is 4.04. The molecule has 3 N–H and O–H groups in total. The van der Waals surface area contributed by atoms with Crippen LogP contribution in [-0.2, 0) is 26.0 Å². The topological polar surface area (TPSA) is 134 Å². The summed E-state index contributed by atoms with van der Waals surface area (Å²) in [6.45, 7) is 9.99. The van der Waals surface area contributed by atoms with E-state index >= 15 is 0 Å². The molecule has 1 unspecified atom stereocenters.